The highest BCUT2D eigenvalue weighted by Crippen LogP contribution is 2.20. The SMILES string of the molecule is O=C(OCC(=O)N1CCN(S(=O)(=O)c2ccc(F)cc2)CC1)c1ccc(-c2cnco2)cc1. The highest BCUT2D eigenvalue weighted by Gasteiger charge is 2.30. The van der Waals surface area contributed by atoms with Crippen LogP contribution in [0.4, 0.5) is 4.39 Å². The lowest BCUT2D eigenvalue weighted by Gasteiger charge is -2.33. The maximum absolute atomic E-state index is 13.1. The number of benzene rings is 2. The predicted molar refractivity (Wildman–Crippen MR) is 114 cm³/mol. The van der Waals surface area contributed by atoms with E-state index in [1.807, 2.05) is 0 Å². The third-order valence-electron chi connectivity index (χ3n) is 5.21. The van der Waals surface area contributed by atoms with Gasteiger partial charge >= 0.3 is 5.97 Å². The van der Waals surface area contributed by atoms with Crippen LogP contribution in [0, 0.1) is 5.82 Å². The van der Waals surface area contributed by atoms with Crippen LogP contribution in [0.5, 0.6) is 0 Å². The van der Waals surface area contributed by atoms with Crippen molar-refractivity contribution in [3.05, 3.63) is 72.5 Å². The van der Waals surface area contributed by atoms with E-state index in [0.29, 0.717) is 5.76 Å². The summed E-state index contributed by atoms with van der Waals surface area (Å²) in [5, 5.41) is 0. The van der Waals surface area contributed by atoms with Gasteiger partial charge in [-0.15, -0.1) is 0 Å². The van der Waals surface area contributed by atoms with Crippen LogP contribution in [0.1, 0.15) is 10.4 Å². The Morgan fingerprint density at radius 3 is 2.27 bits per heavy atom. The Bertz CT molecular complexity index is 1220. The van der Waals surface area contributed by atoms with Crippen LogP contribution in [-0.4, -0.2) is 67.3 Å². The topological polar surface area (TPSA) is 110 Å². The monoisotopic (exact) mass is 473 g/mol. The number of piperazine rings is 1. The maximum Gasteiger partial charge on any atom is 0.338 e. The molecule has 0 radical (unpaired) electrons. The van der Waals surface area contributed by atoms with Crippen molar-refractivity contribution < 1.29 is 31.6 Å². The molecule has 9 nitrogen and oxygen atoms in total. The van der Waals surface area contributed by atoms with Gasteiger partial charge in [-0.05, 0) is 36.4 Å². The Kier molecular flexibility index (Phi) is 6.52. The van der Waals surface area contributed by atoms with Crippen molar-refractivity contribution in [2.24, 2.45) is 0 Å². The Morgan fingerprint density at radius 2 is 1.67 bits per heavy atom. The van der Waals surface area contributed by atoms with Gasteiger partial charge in [-0.2, -0.15) is 4.31 Å². The van der Waals surface area contributed by atoms with Crippen LogP contribution < -0.4 is 0 Å². The van der Waals surface area contributed by atoms with Crippen LogP contribution in [-0.2, 0) is 19.6 Å². The van der Waals surface area contributed by atoms with Gasteiger partial charge in [0.15, 0.2) is 18.8 Å². The van der Waals surface area contributed by atoms with Crippen LogP contribution in [0.3, 0.4) is 0 Å². The number of halogens is 1. The fourth-order valence-electron chi connectivity index (χ4n) is 3.36. The molecule has 0 aliphatic carbocycles. The van der Waals surface area contributed by atoms with Crippen LogP contribution >= 0.6 is 0 Å². The number of carbonyl (C=O) groups is 2. The molecule has 1 saturated heterocycles. The molecule has 172 valence electrons. The minimum Gasteiger partial charge on any atom is -0.452 e. The third kappa shape index (κ3) is 5.10. The van der Waals surface area contributed by atoms with E-state index in [9.17, 15) is 22.4 Å². The largest absolute Gasteiger partial charge is 0.452 e. The molecule has 1 aliphatic heterocycles. The molecule has 2 aromatic carbocycles. The molecule has 2 heterocycles. The first-order valence-corrected chi connectivity index (χ1v) is 11.5. The second-order valence-corrected chi connectivity index (χ2v) is 9.20. The number of ether oxygens (including phenoxy) is 1. The molecule has 0 atom stereocenters. The fourth-order valence-corrected chi connectivity index (χ4v) is 4.79. The molecule has 0 saturated carbocycles. The minimum absolute atomic E-state index is 0.00747. The van der Waals surface area contributed by atoms with Crippen LogP contribution in [0.25, 0.3) is 11.3 Å². The number of nitrogens with zero attached hydrogens (tertiary/aromatic N) is 3. The maximum atomic E-state index is 13.1. The van der Waals surface area contributed by atoms with E-state index in [2.05, 4.69) is 4.98 Å². The van der Waals surface area contributed by atoms with E-state index in [4.69, 9.17) is 9.15 Å². The van der Waals surface area contributed by atoms with Gasteiger partial charge in [0, 0.05) is 31.7 Å². The summed E-state index contributed by atoms with van der Waals surface area (Å²) < 4.78 is 50.0. The van der Waals surface area contributed by atoms with Crippen molar-refractivity contribution >= 4 is 21.9 Å². The van der Waals surface area contributed by atoms with Crippen molar-refractivity contribution in [1.82, 2.24) is 14.2 Å². The molecule has 1 fully saturated rings. The number of carbonyl (C=O) groups excluding carboxylic acids is 2. The van der Waals surface area contributed by atoms with Gasteiger partial charge in [0.1, 0.15) is 5.82 Å². The summed E-state index contributed by atoms with van der Waals surface area (Å²) in [6, 6.07) is 11.1. The Labute approximate surface area is 189 Å². The Morgan fingerprint density at radius 1 is 1.00 bits per heavy atom. The number of hydrogen-bond acceptors (Lipinski definition) is 7. The molecular weight excluding hydrogens is 453 g/mol. The predicted octanol–water partition coefficient (Wildman–Crippen LogP) is 2.17. The van der Waals surface area contributed by atoms with Gasteiger partial charge < -0.3 is 14.1 Å². The molecule has 1 aromatic heterocycles. The summed E-state index contributed by atoms with van der Waals surface area (Å²) in [5.74, 6) is -1.03. The van der Waals surface area contributed by atoms with E-state index >= 15 is 0 Å². The highest BCUT2D eigenvalue weighted by molar-refractivity contribution is 7.89. The minimum atomic E-state index is -3.78. The molecule has 0 unspecified atom stereocenters. The lowest BCUT2D eigenvalue weighted by atomic mass is 10.1. The van der Waals surface area contributed by atoms with E-state index in [-0.39, 0.29) is 36.6 Å². The van der Waals surface area contributed by atoms with Gasteiger partial charge in [-0.1, -0.05) is 12.1 Å². The Hall–Kier alpha value is -3.57. The molecule has 4 rings (SSSR count). The number of amides is 1. The number of oxazole rings is 1. The lowest BCUT2D eigenvalue weighted by molar-refractivity contribution is -0.135. The van der Waals surface area contributed by atoms with E-state index in [0.717, 1.165) is 17.7 Å². The van der Waals surface area contributed by atoms with E-state index in [1.54, 1.807) is 30.5 Å². The van der Waals surface area contributed by atoms with Gasteiger partial charge in [0.25, 0.3) is 5.91 Å². The van der Waals surface area contributed by atoms with E-state index in [1.165, 1.54) is 27.7 Å². The molecule has 33 heavy (non-hydrogen) atoms. The first kappa shape index (κ1) is 22.6. The van der Waals surface area contributed by atoms with Crippen molar-refractivity contribution in [3.63, 3.8) is 0 Å². The average molecular weight is 473 g/mol. The number of rotatable bonds is 6. The zero-order valence-electron chi connectivity index (χ0n) is 17.4. The summed E-state index contributed by atoms with van der Waals surface area (Å²) in [5.41, 5.74) is 1.02. The molecule has 0 spiro atoms. The zero-order chi connectivity index (χ0) is 23.4. The van der Waals surface area contributed by atoms with Crippen LogP contribution in [0.15, 0.2) is 70.4 Å². The van der Waals surface area contributed by atoms with Crippen LogP contribution in [0.2, 0.25) is 0 Å². The van der Waals surface area contributed by atoms with Crippen molar-refractivity contribution in [2.75, 3.05) is 32.8 Å². The normalized spacial score (nSPS) is 14.8. The first-order chi connectivity index (χ1) is 15.8. The lowest BCUT2D eigenvalue weighted by Crippen LogP contribution is -2.51. The highest BCUT2D eigenvalue weighted by atomic mass is 32.2. The van der Waals surface area contributed by atoms with Gasteiger partial charge in [-0.3, -0.25) is 4.79 Å². The standard InChI is InChI=1S/C22H20FN3O6S/c23-18-5-7-19(8-6-18)33(29,30)26-11-9-25(10-12-26)21(27)14-31-22(28)17-3-1-16(2-4-17)20-13-24-15-32-20/h1-8,13,15H,9-12,14H2. The number of aromatic nitrogens is 1. The van der Waals surface area contributed by atoms with Gasteiger partial charge in [-0.25, -0.2) is 22.6 Å². The molecule has 3 aromatic rings. The van der Waals surface area contributed by atoms with Crippen molar-refractivity contribution in [1.29, 1.82) is 0 Å². The summed E-state index contributed by atoms with van der Waals surface area (Å²) >= 11 is 0. The Balaban J connectivity index is 1.28. The smallest absolute Gasteiger partial charge is 0.338 e. The average Bonchev–Trinajstić information content (AvgIpc) is 3.38. The summed E-state index contributed by atoms with van der Waals surface area (Å²) in [6.45, 7) is 0.0315. The quantitative estimate of drug-likeness (QED) is 0.505. The third-order valence-corrected chi connectivity index (χ3v) is 7.12. The second-order valence-electron chi connectivity index (χ2n) is 7.26. The van der Waals surface area contributed by atoms with E-state index < -0.39 is 34.3 Å². The number of esters is 1. The zero-order valence-corrected chi connectivity index (χ0v) is 18.2. The number of hydrogen-bond donors (Lipinski definition) is 0. The molecule has 11 heteroatoms. The first-order valence-electron chi connectivity index (χ1n) is 10.0. The molecule has 1 aliphatic rings. The molecular formula is C22H20FN3O6S. The van der Waals surface area contributed by atoms with Gasteiger partial charge in [0.05, 0.1) is 16.7 Å². The second kappa shape index (κ2) is 9.51. The molecule has 1 amide bonds. The fraction of sp³-hybridized carbons (Fsp3) is 0.227. The van der Waals surface area contributed by atoms with Gasteiger partial charge in [0.2, 0.25) is 10.0 Å². The number of sulfonamides is 1. The summed E-state index contributed by atoms with van der Waals surface area (Å²) in [6.07, 6.45) is 2.86. The van der Waals surface area contributed by atoms with Crippen molar-refractivity contribution in [2.45, 2.75) is 4.90 Å². The summed E-state index contributed by atoms with van der Waals surface area (Å²) in [4.78, 5) is 29.9. The molecule has 0 N–H and O–H groups in total. The molecule has 0 bridgehead atoms. The van der Waals surface area contributed by atoms with Crippen molar-refractivity contribution in [3.8, 4) is 11.3 Å². The summed E-state index contributed by atoms with van der Waals surface area (Å²) in [7, 11) is -3.78.